The highest BCUT2D eigenvalue weighted by atomic mass is 16.7. The summed E-state index contributed by atoms with van der Waals surface area (Å²) in [4.78, 5) is 36.2. The summed E-state index contributed by atoms with van der Waals surface area (Å²) in [7, 11) is 0. The van der Waals surface area contributed by atoms with Crippen molar-refractivity contribution in [3.63, 3.8) is 0 Å². The van der Waals surface area contributed by atoms with Crippen LogP contribution in [0.1, 0.15) is 41.3 Å². The van der Waals surface area contributed by atoms with Crippen LogP contribution in [-0.2, 0) is 16.2 Å². The number of hydrogen-bond donors (Lipinski definition) is 4. The van der Waals surface area contributed by atoms with Crippen LogP contribution in [0.5, 0.6) is 0 Å². The minimum absolute atomic E-state index is 0.141. The van der Waals surface area contributed by atoms with Crippen LogP contribution >= 0.6 is 0 Å². The van der Waals surface area contributed by atoms with Crippen molar-refractivity contribution in [3.05, 3.63) is 64.7 Å². The molecule has 0 radical (unpaired) electrons. The molecule has 0 aliphatic carbocycles. The van der Waals surface area contributed by atoms with Crippen molar-refractivity contribution in [3.8, 4) is 0 Å². The second-order valence-electron chi connectivity index (χ2n) is 8.47. The van der Waals surface area contributed by atoms with E-state index in [2.05, 4.69) is 15.6 Å². The molecule has 2 aromatic carbocycles. The Morgan fingerprint density at radius 3 is 2.62 bits per heavy atom. The monoisotopic (exact) mass is 462 g/mol. The summed E-state index contributed by atoms with van der Waals surface area (Å²) in [5.74, 6) is -0.116. The van der Waals surface area contributed by atoms with Gasteiger partial charge in [0.25, 0.3) is 11.8 Å². The van der Waals surface area contributed by atoms with Gasteiger partial charge >= 0.3 is 0 Å². The van der Waals surface area contributed by atoms with Gasteiger partial charge < -0.3 is 22.1 Å². The predicted molar refractivity (Wildman–Crippen MR) is 132 cm³/mol. The molecule has 0 saturated carbocycles. The first kappa shape index (κ1) is 23.5. The number of nitrogen functional groups attached to an aromatic ring is 1. The highest BCUT2D eigenvalue weighted by Gasteiger charge is 2.24. The molecular formula is C25H30N6O3. The van der Waals surface area contributed by atoms with Gasteiger partial charge in [0, 0.05) is 48.4 Å². The van der Waals surface area contributed by atoms with Crippen molar-refractivity contribution in [1.29, 1.82) is 0 Å². The Hall–Kier alpha value is -3.69. The molecule has 1 fully saturated rings. The molecule has 1 saturated heterocycles. The molecule has 0 atom stereocenters. The number of benzene rings is 2. The van der Waals surface area contributed by atoms with E-state index in [4.69, 9.17) is 16.3 Å². The van der Waals surface area contributed by atoms with Crippen molar-refractivity contribution in [2.75, 3.05) is 25.4 Å². The molecule has 0 unspecified atom stereocenters. The zero-order chi connectivity index (χ0) is 24.1. The summed E-state index contributed by atoms with van der Waals surface area (Å²) in [6.07, 6.45) is 2.69. The molecule has 4 rings (SSSR count). The van der Waals surface area contributed by atoms with Crippen LogP contribution in [0.2, 0.25) is 0 Å². The van der Waals surface area contributed by atoms with Crippen molar-refractivity contribution in [1.82, 2.24) is 15.7 Å². The first-order valence-corrected chi connectivity index (χ1v) is 11.4. The first-order valence-electron chi connectivity index (χ1n) is 11.4. The summed E-state index contributed by atoms with van der Waals surface area (Å²) in [6, 6.07) is 12.7. The minimum Gasteiger partial charge on any atom is -0.399 e. The largest absolute Gasteiger partial charge is 0.399 e. The van der Waals surface area contributed by atoms with Gasteiger partial charge in [-0.25, -0.2) is 10.1 Å². The van der Waals surface area contributed by atoms with E-state index in [9.17, 15) is 9.59 Å². The maximum Gasteiger partial charge on any atom is 0.273 e. The fourth-order valence-electron chi connectivity index (χ4n) is 3.68. The van der Waals surface area contributed by atoms with Gasteiger partial charge in [0.15, 0.2) is 0 Å². The van der Waals surface area contributed by atoms with Gasteiger partial charge in [-0.15, -0.1) is 0 Å². The molecule has 9 heteroatoms. The second-order valence-corrected chi connectivity index (χ2v) is 8.47. The Morgan fingerprint density at radius 2 is 1.94 bits per heavy atom. The van der Waals surface area contributed by atoms with E-state index in [1.807, 2.05) is 19.1 Å². The fourth-order valence-corrected chi connectivity index (χ4v) is 3.68. The van der Waals surface area contributed by atoms with Crippen molar-refractivity contribution in [2.24, 2.45) is 10.7 Å². The SMILES string of the molecule is CCCN(OCc1ccc(N)cc1)C(=O)C1=Cc2ccc(C(=O)NC3CNC3)cc2N=C(N)C1. The van der Waals surface area contributed by atoms with Crippen LogP contribution in [0.25, 0.3) is 6.08 Å². The van der Waals surface area contributed by atoms with Crippen LogP contribution in [0.3, 0.4) is 0 Å². The van der Waals surface area contributed by atoms with E-state index in [0.29, 0.717) is 34.9 Å². The molecule has 34 heavy (non-hydrogen) atoms. The highest BCUT2D eigenvalue weighted by molar-refractivity contribution is 6.05. The number of anilines is 1. The van der Waals surface area contributed by atoms with Gasteiger partial charge in [0.05, 0.1) is 11.7 Å². The number of amides is 2. The third kappa shape index (κ3) is 5.62. The van der Waals surface area contributed by atoms with Gasteiger partial charge in [0.1, 0.15) is 12.4 Å². The lowest BCUT2D eigenvalue weighted by Crippen LogP contribution is -2.56. The summed E-state index contributed by atoms with van der Waals surface area (Å²) in [6.45, 7) is 4.19. The molecule has 2 aromatic rings. The van der Waals surface area contributed by atoms with E-state index in [1.165, 1.54) is 5.06 Å². The van der Waals surface area contributed by atoms with E-state index < -0.39 is 0 Å². The first-order chi connectivity index (χ1) is 16.4. The Balaban J connectivity index is 1.52. The topological polar surface area (TPSA) is 135 Å². The zero-order valence-corrected chi connectivity index (χ0v) is 19.2. The van der Waals surface area contributed by atoms with Crippen LogP contribution in [0, 0.1) is 0 Å². The van der Waals surface area contributed by atoms with Crippen LogP contribution < -0.4 is 22.1 Å². The Morgan fingerprint density at radius 1 is 1.18 bits per heavy atom. The predicted octanol–water partition coefficient (Wildman–Crippen LogP) is 2.12. The standard InChI is InChI=1S/C25H30N6O3/c1-2-9-31(34-15-16-3-7-20(26)8-4-16)25(33)19-10-17-5-6-18(11-22(17)30-23(27)12-19)24(32)29-21-13-28-14-21/h3-8,10-11,21,28H,2,9,12-15,26H2,1H3,(H2,27,30)(H,29,32). The lowest BCUT2D eigenvalue weighted by Gasteiger charge is -2.27. The minimum atomic E-state index is -0.261. The Labute approximate surface area is 198 Å². The zero-order valence-electron chi connectivity index (χ0n) is 19.2. The van der Waals surface area contributed by atoms with Crippen molar-refractivity contribution in [2.45, 2.75) is 32.4 Å². The van der Waals surface area contributed by atoms with Crippen LogP contribution in [-0.4, -0.2) is 48.4 Å². The van der Waals surface area contributed by atoms with Gasteiger partial charge in [-0.05, 0) is 42.3 Å². The van der Waals surface area contributed by atoms with Crippen LogP contribution in [0.4, 0.5) is 11.4 Å². The highest BCUT2D eigenvalue weighted by Crippen LogP contribution is 2.28. The second kappa shape index (κ2) is 10.5. The summed E-state index contributed by atoms with van der Waals surface area (Å²) in [5, 5.41) is 7.47. The Kier molecular flexibility index (Phi) is 7.24. The van der Waals surface area contributed by atoms with Gasteiger partial charge in [-0.1, -0.05) is 25.1 Å². The summed E-state index contributed by atoms with van der Waals surface area (Å²) >= 11 is 0. The number of rotatable bonds is 8. The number of carbonyl (C=O) groups is 2. The van der Waals surface area contributed by atoms with E-state index in [0.717, 1.165) is 30.6 Å². The molecule has 178 valence electrons. The number of nitrogens with two attached hydrogens (primary N) is 2. The van der Waals surface area contributed by atoms with E-state index in [1.54, 1.807) is 36.4 Å². The number of nitrogens with zero attached hydrogens (tertiary/aromatic N) is 2. The molecule has 2 amide bonds. The number of hydroxylamine groups is 2. The average molecular weight is 463 g/mol. The normalized spacial score (nSPS) is 15.3. The summed E-state index contributed by atoms with van der Waals surface area (Å²) in [5.41, 5.74) is 15.7. The molecule has 6 N–H and O–H groups in total. The molecule has 2 aliphatic rings. The number of nitrogens with one attached hydrogen (secondary N) is 2. The molecular weight excluding hydrogens is 432 g/mol. The van der Waals surface area contributed by atoms with Gasteiger partial charge in [0.2, 0.25) is 0 Å². The maximum atomic E-state index is 13.3. The van der Waals surface area contributed by atoms with Crippen LogP contribution in [0.15, 0.2) is 53.0 Å². The third-order valence-electron chi connectivity index (χ3n) is 5.67. The lowest BCUT2D eigenvalue weighted by atomic mass is 10.0. The van der Waals surface area contributed by atoms with Gasteiger partial charge in [-0.3, -0.25) is 14.4 Å². The van der Waals surface area contributed by atoms with Gasteiger partial charge in [-0.2, -0.15) is 0 Å². The lowest BCUT2D eigenvalue weighted by molar-refractivity contribution is -0.187. The quantitative estimate of drug-likeness (QED) is 0.351. The van der Waals surface area contributed by atoms with E-state index >= 15 is 0 Å². The third-order valence-corrected chi connectivity index (χ3v) is 5.67. The number of aliphatic imine (C=N–C) groups is 1. The number of carbonyl (C=O) groups excluding carboxylic acids is 2. The number of hydrogen-bond acceptors (Lipinski definition) is 7. The molecule has 2 aliphatic heterocycles. The average Bonchev–Trinajstić information content (AvgIpc) is 2.96. The number of fused-ring (bicyclic) bond motifs is 1. The molecule has 9 nitrogen and oxygen atoms in total. The smallest absolute Gasteiger partial charge is 0.273 e. The van der Waals surface area contributed by atoms with E-state index in [-0.39, 0.29) is 30.9 Å². The fraction of sp³-hybridized carbons (Fsp3) is 0.320. The van der Waals surface area contributed by atoms with Crippen molar-refractivity contribution < 1.29 is 14.4 Å². The summed E-state index contributed by atoms with van der Waals surface area (Å²) < 4.78 is 0. The van der Waals surface area contributed by atoms with Crippen molar-refractivity contribution >= 4 is 35.1 Å². The molecule has 0 aromatic heterocycles. The maximum absolute atomic E-state index is 13.3. The Bertz CT molecular complexity index is 1120. The molecule has 0 spiro atoms. The number of amidine groups is 1. The molecule has 2 heterocycles. The molecule has 0 bridgehead atoms.